The van der Waals surface area contributed by atoms with Crippen molar-refractivity contribution in [1.29, 1.82) is 0 Å². The monoisotopic (exact) mass is 373 g/mol. The number of aromatic nitrogens is 2. The van der Waals surface area contributed by atoms with Gasteiger partial charge in [-0.2, -0.15) is 0 Å². The minimum atomic E-state index is -0.241. The molecule has 1 aromatic carbocycles. The highest BCUT2D eigenvalue weighted by Crippen LogP contribution is 2.37. The van der Waals surface area contributed by atoms with Gasteiger partial charge in [-0.1, -0.05) is 42.1 Å². The lowest BCUT2D eigenvalue weighted by atomic mass is 10.2. The van der Waals surface area contributed by atoms with Gasteiger partial charge in [0.25, 0.3) is 0 Å². The van der Waals surface area contributed by atoms with E-state index in [9.17, 15) is 4.79 Å². The van der Waals surface area contributed by atoms with Crippen molar-refractivity contribution < 1.29 is 9.53 Å². The van der Waals surface area contributed by atoms with E-state index in [2.05, 4.69) is 33.5 Å². The highest BCUT2D eigenvalue weighted by molar-refractivity contribution is 8.00. The molecule has 3 rings (SSSR count). The largest absolute Gasteiger partial charge is 0.383 e. The van der Waals surface area contributed by atoms with E-state index >= 15 is 0 Å². The van der Waals surface area contributed by atoms with Gasteiger partial charge in [0, 0.05) is 23.9 Å². The summed E-state index contributed by atoms with van der Waals surface area (Å²) >= 11 is 3.09. The highest BCUT2D eigenvalue weighted by Gasteiger charge is 2.18. The van der Waals surface area contributed by atoms with Gasteiger partial charge in [0.05, 0.1) is 11.9 Å². The van der Waals surface area contributed by atoms with E-state index in [1.54, 1.807) is 24.8 Å². The van der Waals surface area contributed by atoms with Crippen molar-refractivity contribution in [2.45, 2.75) is 17.2 Å². The molecule has 0 saturated carbocycles. The molecule has 25 heavy (non-hydrogen) atoms. The van der Waals surface area contributed by atoms with Gasteiger partial charge in [-0.05, 0) is 18.6 Å². The van der Waals surface area contributed by atoms with Crippen molar-refractivity contribution in [3.63, 3.8) is 0 Å². The Morgan fingerprint density at radius 2 is 2.12 bits per heavy atom. The number of thioether (sulfide) groups is 1. The Kier molecular flexibility index (Phi) is 6.01. The third kappa shape index (κ3) is 4.36. The maximum absolute atomic E-state index is 12.2. The van der Waals surface area contributed by atoms with Crippen LogP contribution in [0.3, 0.4) is 0 Å². The molecule has 0 bridgehead atoms. The number of nitrogens with one attached hydrogen (secondary N) is 1. The van der Waals surface area contributed by atoms with E-state index in [-0.39, 0.29) is 11.2 Å². The molecule has 1 amide bonds. The number of hydrogen-bond acceptors (Lipinski definition) is 6. The first-order valence-corrected chi connectivity index (χ1v) is 9.62. The fourth-order valence-electron chi connectivity index (χ4n) is 2.31. The Bertz CT molecular complexity index is 852. The zero-order valence-electron chi connectivity index (χ0n) is 14.1. The van der Waals surface area contributed by atoms with Crippen molar-refractivity contribution >= 4 is 39.2 Å². The van der Waals surface area contributed by atoms with Crippen molar-refractivity contribution in [3.05, 3.63) is 42.7 Å². The Balaban J connectivity index is 1.80. The van der Waals surface area contributed by atoms with E-state index in [0.29, 0.717) is 13.2 Å². The van der Waals surface area contributed by atoms with Crippen LogP contribution in [0.25, 0.3) is 20.7 Å². The average Bonchev–Trinajstić information content (AvgIpc) is 3.08. The highest BCUT2D eigenvalue weighted by atomic mass is 32.2. The number of carbonyl (C=O) groups excluding carboxylic acids is 1. The van der Waals surface area contributed by atoms with Gasteiger partial charge in [-0.3, -0.25) is 4.79 Å². The summed E-state index contributed by atoms with van der Waals surface area (Å²) < 4.78 is 4.95. The Morgan fingerprint density at radius 1 is 1.32 bits per heavy atom. The van der Waals surface area contributed by atoms with Crippen molar-refractivity contribution in [2.24, 2.45) is 0 Å². The number of amides is 1. The maximum atomic E-state index is 12.2. The molecule has 2 heterocycles. The van der Waals surface area contributed by atoms with Crippen LogP contribution < -0.4 is 5.32 Å². The molecule has 1 atom stereocenters. The van der Waals surface area contributed by atoms with Crippen molar-refractivity contribution in [1.82, 2.24) is 15.3 Å². The zero-order chi connectivity index (χ0) is 17.6. The minimum Gasteiger partial charge on any atom is -0.383 e. The number of nitrogens with zero attached hydrogens (tertiary/aromatic N) is 2. The topological polar surface area (TPSA) is 64.1 Å². The van der Waals surface area contributed by atoms with Crippen LogP contribution in [0.15, 0.2) is 47.8 Å². The first-order valence-electron chi connectivity index (χ1n) is 7.92. The van der Waals surface area contributed by atoms with Gasteiger partial charge < -0.3 is 10.1 Å². The quantitative estimate of drug-likeness (QED) is 0.389. The van der Waals surface area contributed by atoms with Crippen LogP contribution in [0, 0.1) is 0 Å². The second-order valence-electron chi connectivity index (χ2n) is 5.42. The fraction of sp³-hybridized carbons (Fsp3) is 0.278. The normalized spacial score (nSPS) is 12.2. The molecule has 2 aromatic heterocycles. The third-order valence-electron chi connectivity index (χ3n) is 3.61. The Labute approximate surface area is 154 Å². The molecule has 0 radical (unpaired) electrons. The summed E-state index contributed by atoms with van der Waals surface area (Å²) in [6, 6.07) is 12.3. The second-order valence-corrected chi connectivity index (χ2v) is 7.78. The van der Waals surface area contributed by atoms with Crippen LogP contribution in [0.5, 0.6) is 0 Å². The second kappa shape index (κ2) is 8.42. The van der Waals surface area contributed by atoms with Gasteiger partial charge in [0.2, 0.25) is 5.91 Å². The lowest BCUT2D eigenvalue weighted by Crippen LogP contribution is -2.33. The molecule has 0 unspecified atom stereocenters. The Morgan fingerprint density at radius 3 is 2.88 bits per heavy atom. The van der Waals surface area contributed by atoms with Gasteiger partial charge in [-0.15, -0.1) is 11.3 Å². The summed E-state index contributed by atoms with van der Waals surface area (Å²) in [6.07, 6.45) is 1.56. The molecule has 7 heteroatoms. The van der Waals surface area contributed by atoms with Crippen LogP contribution in [0.2, 0.25) is 0 Å². The summed E-state index contributed by atoms with van der Waals surface area (Å²) in [6.45, 7) is 2.90. The van der Waals surface area contributed by atoms with Crippen LogP contribution in [0.4, 0.5) is 0 Å². The zero-order valence-corrected chi connectivity index (χ0v) is 15.7. The van der Waals surface area contributed by atoms with Gasteiger partial charge >= 0.3 is 0 Å². The van der Waals surface area contributed by atoms with Crippen LogP contribution in [-0.4, -0.2) is 41.4 Å². The number of hydrogen-bond donors (Lipinski definition) is 1. The van der Waals surface area contributed by atoms with E-state index < -0.39 is 0 Å². The number of methoxy groups -OCH3 is 1. The minimum absolute atomic E-state index is 0.0210. The number of benzene rings is 1. The van der Waals surface area contributed by atoms with E-state index in [0.717, 1.165) is 25.7 Å². The van der Waals surface area contributed by atoms with Crippen molar-refractivity contribution in [2.75, 3.05) is 20.3 Å². The number of rotatable bonds is 7. The summed E-state index contributed by atoms with van der Waals surface area (Å²) in [5.74, 6) is -0.0210. The number of ether oxygens (including phenoxy) is 1. The summed E-state index contributed by atoms with van der Waals surface area (Å²) in [4.78, 5) is 23.0. The molecule has 5 nitrogen and oxygen atoms in total. The van der Waals surface area contributed by atoms with Crippen LogP contribution in [-0.2, 0) is 9.53 Å². The maximum Gasteiger partial charge on any atom is 0.233 e. The fourth-order valence-corrected chi connectivity index (χ4v) is 4.30. The molecule has 130 valence electrons. The summed E-state index contributed by atoms with van der Waals surface area (Å²) in [5.41, 5.74) is 1.16. The van der Waals surface area contributed by atoms with Crippen LogP contribution in [0.1, 0.15) is 6.92 Å². The van der Waals surface area contributed by atoms with E-state index in [4.69, 9.17) is 4.74 Å². The van der Waals surface area contributed by atoms with Gasteiger partial charge in [0.1, 0.15) is 16.2 Å². The van der Waals surface area contributed by atoms with Crippen molar-refractivity contribution in [3.8, 4) is 10.4 Å². The SMILES string of the molecule is COCCNC(=O)[C@@H](C)Sc1ncnc2sc(-c3ccccc3)cc12. The summed E-state index contributed by atoms with van der Waals surface area (Å²) in [5, 5.41) is 4.44. The number of thiophene rings is 1. The number of fused-ring (bicyclic) bond motifs is 1. The molecular weight excluding hydrogens is 354 g/mol. The molecule has 0 aliphatic heterocycles. The molecule has 3 aromatic rings. The predicted octanol–water partition coefficient (Wildman–Crippen LogP) is 3.60. The van der Waals surface area contributed by atoms with Crippen LogP contribution >= 0.6 is 23.1 Å². The van der Waals surface area contributed by atoms with E-state index in [1.807, 2.05) is 25.1 Å². The smallest absolute Gasteiger partial charge is 0.233 e. The molecule has 0 spiro atoms. The average molecular weight is 374 g/mol. The molecular formula is C18H19N3O2S2. The standard InChI is InChI=1S/C18H19N3O2S2/c1-12(16(22)19-8-9-23-2)24-17-14-10-15(13-6-4-3-5-7-13)25-18(14)21-11-20-17/h3-7,10-12H,8-9H2,1-2H3,(H,19,22)/t12-/m1/s1. The molecule has 1 N–H and O–H groups in total. The lowest BCUT2D eigenvalue weighted by Gasteiger charge is -2.11. The number of carbonyl (C=O) groups is 1. The van der Waals surface area contributed by atoms with Gasteiger partial charge in [-0.25, -0.2) is 9.97 Å². The molecule has 0 aliphatic rings. The summed E-state index contributed by atoms with van der Waals surface area (Å²) in [7, 11) is 1.61. The lowest BCUT2D eigenvalue weighted by molar-refractivity contribution is -0.120. The van der Waals surface area contributed by atoms with Gasteiger partial charge in [0.15, 0.2) is 0 Å². The molecule has 0 saturated heterocycles. The van der Waals surface area contributed by atoms with E-state index in [1.165, 1.54) is 11.8 Å². The molecule has 0 fully saturated rings. The first-order chi connectivity index (χ1) is 12.2. The molecule has 0 aliphatic carbocycles. The first kappa shape index (κ1) is 17.8. The predicted molar refractivity (Wildman–Crippen MR) is 103 cm³/mol. The third-order valence-corrected chi connectivity index (χ3v) is 5.82. The Hall–Kier alpha value is -1.96.